The van der Waals surface area contributed by atoms with Crippen molar-refractivity contribution in [1.82, 2.24) is 4.90 Å². The van der Waals surface area contributed by atoms with E-state index in [2.05, 4.69) is 11.8 Å². The Morgan fingerprint density at radius 3 is 2.40 bits per heavy atom. The first-order chi connectivity index (χ1) is 4.81. The van der Waals surface area contributed by atoms with Gasteiger partial charge in [-0.2, -0.15) is 0 Å². The quantitative estimate of drug-likeness (QED) is 0.578. The highest BCUT2D eigenvalue weighted by Crippen LogP contribution is 2.37. The molecule has 0 aromatic rings. The maximum atomic E-state index is 9.30. The van der Waals surface area contributed by atoms with E-state index in [0.717, 1.165) is 24.9 Å². The lowest BCUT2D eigenvalue weighted by atomic mass is 9.78. The van der Waals surface area contributed by atoms with Crippen molar-refractivity contribution in [2.75, 3.05) is 6.54 Å². The summed E-state index contributed by atoms with van der Waals surface area (Å²) in [4.78, 5) is 2.51. The molecule has 2 saturated heterocycles. The number of nitrogens with zero attached hydrogens (tertiary/aromatic N) is 1. The van der Waals surface area contributed by atoms with Gasteiger partial charge in [0.2, 0.25) is 0 Å². The molecule has 1 N–H and O–H groups in total. The molecule has 3 rings (SSSR count). The van der Waals surface area contributed by atoms with Gasteiger partial charge >= 0.3 is 0 Å². The Labute approximate surface area is 61.8 Å². The molecule has 3 aliphatic rings. The second kappa shape index (κ2) is 2.21. The van der Waals surface area contributed by atoms with E-state index in [-0.39, 0.29) is 6.10 Å². The smallest absolute Gasteiger partial charge is 0.0570 e. The zero-order valence-electron chi connectivity index (χ0n) is 6.45. The second-order valence-corrected chi connectivity index (χ2v) is 3.50. The first-order valence-electron chi connectivity index (χ1n) is 4.25. The Balaban J connectivity index is 1.96. The fourth-order valence-electron chi connectivity index (χ4n) is 2.45. The zero-order chi connectivity index (χ0) is 7.14. The van der Waals surface area contributed by atoms with Crippen molar-refractivity contribution in [2.45, 2.75) is 44.4 Å². The molecule has 2 aliphatic heterocycles. The summed E-state index contributed by atoms with van der Waals surface area (Å²) in [6.45, 7) is 3.37. The van der Waals surface area contributed by atoms with Gasteiger partial charge in [-0.3, -0.25) is 4.90 Å². The summed E-state index contributed by atoms with van der Waals surface area (Å²) in [5.41, 5.74) is 0. The van der Waals surface area contributed by atoms with Gasteiger partial charge in [-0.15, -0.1) is 0 Å². The molecule has 2 bridgehead atoms. The average Bonchev–Trinajstić information content (AvgIpc) is 1.87. The van der Waals surface area contributed by atoms with E-state index in [1.807, 2.05) is 0 Å². The second-order valence-electron chi connectivity index (χ2n) is 3.50. The topological polar surface area (TPSA) is 23.5 Å². The standard InChI is InChI=1S/C8H15NO/c1-2-9-6-3-7(9)5-8(10)4-6/h6-8,10H,2-5H2,1H3. The Hall–Kier alpha value is -0.0800. The fraction of sp³-hybridized carbons (Fsp3) is 1.00. The SMILES string of the molecule is CCN1C2CC(O)CC1C2. The molecule has 1 aliphatic carbocycles. The molecular formula is C8H15NO. The molecule has 0 aromatic heterocycles. The van der Waals surface area contributed by atoms with Gasteiger partial charge in [-0.25, -0.2) is 0 Å². The highest BCUT2D eigenvalue weighted by atomic mass is 16.3. The summed E-state index contributed by atoms with van der Waals surface area (Å²) >= 11 is 0. The van der Waals surface area contributed by atoms with E-state index in [1.54, 1.807) is 0 Å². The third kappa shape index (κ3) is 0.789. The van der Waals surface area contributed by atoms with Crippen LogP contribution in [0.2, 0.25) is 0 Å². The first-order valence-corrected chi connectivity index (χ1v) is 4.25. The molecule has 1 saturated carbocycles. The minimum atomic E-state index is 0.00606. The number of rotatable bonds is 1. The van der Waals surface area contributed by atoms with Crippen LogP contribution in [-0.4, -0.2) is 34.7 Å². The monoisotopic (exact) mass is 141 g/mol. The van der Waals surface area contributed by atoms with Crippen LogP contribution in [0.25, 0.3) is 0 Å². The van der Waals surface area contributed by atoms with Crippen molar-refractivity contribution in [2.24, 2.45) is 0 Å². The highest BCUT2D eigenvalue weighted by molar-refractivity contribution is 4.99. The van der Waals surface area contributed by atoms with Crippen LogP contribution >= 0.6 is 0 Å². The molecule has 0 radical (unpaired) electrons. The van der Waals surface area contributed by atoms with Crippen molar-refractivity contribution in [3.05, 3.63) is 0 Å². The van der Waals surface area contributed by atoms with Crippen LogP contribution in [0.3, 0.4) is 0 Å². The summed E-state index contributed by atoms with van der Waals surface area (Å²) < 4.78 is 0. The maximum absolute atomic E-state index is 9.30. The number of hydrogen-bond donors (Lipinski definition) is 1. The Bertz CT molecular complexity index is 125. The maximum Gasteiger partial charge on any atom is 0.0570 e. The number of hydrogen-bond acceptors (Lipinski definition) is 2. The molecule has 2 atom stereocenters. The predicted molar refractivity (Wildman–Crippen MR) is 39.8 cm³/mol. The largest absolute Gasteiger partial charge is 0.393 e. The zero-order valence-corrected chi connectivity index (χ0v) is 6.45. The Morgan fingerprint density at radius 2 is 1.90 bits per heavy atom. The van der Waals surface area contributed by atoms with Gasteiger partial charge in [-0.05, 0) is 25.8 Å². The summed E-state index contributed by atoms with van der Waals surface area (Å²) in [7, 11) is 0. The van der Waals surface area contributed by atoms with Crippen molar-refractivity contribution in [3.63, 3.8) is 0 Å². The van der Waals surface area contributed by atoms with Crippen LogP contribution in [-0.2, 0) is 0 Å². The van der Waals surface area contributed by atoms with Gasteiger partial charge in [0.05, 0.1) is 6.10 Å². The van der Waals surface area contributed by atoms with Gasteiger partial charge in [0.25, 0.3) is 0 Å². The summed E-state index contributed by atoms with van der Waals surface area (Å²) in [6, 6.07) is 1.44. The third-order valence-corrected chi connectivity index (χ3v) is 2.94. The number of piperidine rings is 1. The number of aliphatic hydroxyl groups is 1. The molecular weight excluding hydrogens is 126 g/mol. The minimum Gasteiger partial charge on any atom is -0.393 e. The average molecular weight is 141 g/mol. The molecule has 0 amide bonds. The van der Waals surface area contributed by atoms with E-state index in [0.29, 0.717) is 0 Å². The molecule has 0 spiro atoms. The van der Waals surface area contributed by atoms with Crippen molar-refractivity contribution in [1.29, 1.82) is 0 Å². The summed E-state index contributed by atoms with van der Waals surface area (Å²) in [5, 5.41) is 9.30. The van der Waals surface area contributed by atoms with Gasteiger partial charge in [0.1, 0.15) is 0 Å². The normalized spacial score (nSPS) is 46.8. The Morgan fingerprint density at radius 1 is 1.30 bits per heavy atom. The fourth-order valence-corrected chi connectivity index (χ4v) is 2.45. The van der Waals surface area contributed by atoms with E-state index in [9.17, 15) is 5.11 Å². The Kier molecular flexibility index (Phi) is 1.46. The van der Waals surface area contributed by atoms with E-state index in [1.165, 1.54) is 13.0 Å². The van der Waals surface area contributed by atoms with Crippen LogP contribution in [0.15, 0.2) is 0 Å². The lowest BCUT2D eigenvalue weighted by molar-refractivity contribution is -0.0776. The van der Waals surface area contributed by atoms with Crippen molar-refractivity contribution >= 4 is 0 Å². The number of fused-ring (bicyclic) bond motifs is 2. The molecule has 58 valence electrons. The van der Waals surface area contributed by atoms with Gasteiger partial charge in [-0.1, -0.05) is 6.92 Å². The lowest BCUT2D eigenvalue weighted by Gasteiger charge is -2.54. The predicted octanol–water partition coefficient (Wildman–Crippen LogP) is 0.604. The lowest BCUT2D eigenvalue weighted by Crippen LogP contribution is -2.61. The van der Waals surface area contributed by atoms with E-state index >= 15 is 0 Å². The third-order valence-electron chi connectivity index (χ3n) is 2.94. The van der Waals surface area contributed by atoms with Crippen LogP contribution < -0.4 is 0 Å². The van der Waals surface area contributed by atoms with Crippen LogP contribution in [0.1, 0.15) is 26.2 Å². The van der Waals surface area contributed by atoms with Crippen LogP contribution in [0.4, 0.5) is 0 Å². The molecule has 2 heterocycles. The van der Waals surface area contributed by atoms with Crippen molar-refractivity contribution < 1.29 is 5.11 Å². The first kappa shape index (κ1) is 6.62. The van der Waals surface area contributed by atoms with Gasteiger partial charge < -0.3 is 5.11 Å². The van der Waals surface area contributed by atoms with E-state index in [4.69, 9.17) is 0 Å². The number of aliphatic hydroxyl groups excluding tert-OH is 1. The van der Waals surface area contributed by atoms with Gasteiger partial charge in [0, 0.05) is 12.1 Å². The van der Waals surface area contributed by atoms with Crippen LogP contribution in [0, 0.1) is 0 Å². The molecule has 0 aromatic carbocycles. The minimum absolute atomic E-state index is 0.00606. The highest BCUT2D eigenvalue weighted by Gasteiger charge is 2.43. The van der Waals surface area contributed by atoms with Gasteiger partial charge in [0.15, 0.2) is 0 Å². The molecule has 2 heteroatoms. The van der Waals surface area contributed by atoms with Crippen LogP contribution in [0.5, 0.6) is 0 Å². The molecule has 10 heavy (non-hydrogen) atoms. The summed E-state index contributed by atoms with van der Waals surface area (Å²) in [6.07, 6.45) is 3.38. The molecule has 2 unspecified atom stereocenters. The summed E-state index contributed by atoms with van der Waals surface area (Å²) in [5.74, 6) is 0. The van der Waals surface area contributed by atoms with Crippen molar-refractivity contribution in [3.8, 4) is 0 Å². The molecule has 3 fully saturated rings. The molecule has 2 nitrogen and oxygen atoms in total. The van der Waals surface area contributed by atoms with E-state index < -0.39 is 0 Å².